The highest BCUT2D eigenvalue weighted by Crippen LogP contribution is 2.56. The van der Waals surface area contributed by atoms with Gasteiger partial charge < -0.3 is 14.8 Å². The Bertz CT molecular complexity index is 986. The maximum Gasteiger partial charge on any atom is 0.231 e. The third kappa shape index (κ3) is 2.51. The summed E-state index contributed by atoms with van der Waals surface area (Å²) >= 11 is 0. The van der Waals surface area contributed by atoms with E-state index in [1.54, 1.807) is 6.07 Å². The van der Waals surface area contributed by atoms with Gasteiger partial charge >= 0.3 is 0 Å². The van der Waals surface area contributed by atoms with Gasteiger partial charge in [0.15, 0.2) is 11.6 Å². The fourth-order valence-electron chi connectivity index (χ4n) is 4.62. The maximum absolute atomic E-state index is 14.7. The van der Waals surface area contributed by atoms with Gasteiger partial charge in [-0.2, -0.15) is 0 Å². The van der Waals surface area contributed by atoms with Gasteiger partial charge in [-0.3, -0.25) is 10.1 Å². The number of nitrogens with one attached hydrogen (secondary N) is 1. The number of anilines is 1. The summed E-state index contributed by atoms with van der Waals surface area (Å²) < 4.78 is 25.6. The summed E-state index contributed by atoms with van der Waals surface area (Å²) in [6.07, 6.45) is 10.8. The van der Waals surface area contributed by atoms with E-state index in [-0.39, 0.29) is 30.1 Å². The Morgan fingerprint density at radius 1 is 1.25 bits per heavy atom. The molecule has 0 spiro atoms. The van der Waals surface area contributed by atoms with E-state index in [2.05, 4.69) is 16.7 Å². The first-order valence-electron chi connectivity index (χ1n) is 10.0. The first-order chi connectivity index (χ1) is 13.6. The summed E-state index contributed by atoms with van der Waals surface area (Å²) in [5, 5.41) is 4.96. The Labute approximate surface area is 162 Å². The lowest BCUT2D eigenvalue weighted by molar-refractivity contribution is -0.517. The summed E-state index contributed by atoms with van der Waals surface area (Å²) in [5.74, 6) is 1.80. The second kappa shape index (κ2) is 5.70. The van der Waals surface area contributed by atoms with Crippen molar-refractivity contribution in [1.82, 2.24) is 0 Å². The lowest BCUT2D eigenvalue weighted by atomic mass is 9.82. The normalized spacial score (nSPS) is 26.2. The average molecular weight is 381 g/mol. The number of carbonyl (C=O) groups excluding carboxylic acids is 1. The molecule has 3 aliphatic carbocycles. The SMILES string of the molecule is O=C(Nc1cc2c(cc1F)[NH2+]C(C1CC1)=C2)C1(C2C=CC3=C(C2)OCO3)CC1. The van der Waals surface area contributed by atoms with Gasteiger partial charge in [0.1, 0.15) is 17.1 Å². The number of fused-ring (bicyclic) bond motifs is 1. The first-order valence-corrected chi connectivity index (χ1v) is 10.0. The van der Waals surface area contributed by atoms with E-state index in [0.717, 1.165) is 35.6 Å². The maximum atomic E-state index is 14.7. The topological polar surface area (TPSA) is 64.2 Å². The molecule has 6 rings (SSSR count). The molecule has 0 saturated heterocycles. The molecule has 1 aromatic carbocycles. The summed E-state index contributed by atoms with van der Waals surface area (Å²) in [5.41, 5.74) is 2.98. The number of hydrogen-bond acceptors (Lipinski definition) is 3. The Morgan fingerprint density at radius 3 is 2.89 bits per heavy atom. The van der Waals surface area contributed by atoms with Crippen molar-refractivity contribution in [2.24, 2.45) is 17.3 Å². The molecule has 3 N–H and O–H groups in total. The molecule has 28 heavy (non-hydrogen) atoms. The Morgan fingerprint density at radius 2 is 2.11 bits per heavy atom. The van der Waals surface area contributed by atoms with Crippen LogP contribution in [0.3, 0.4) is 0 Å². The molecule has 2 aliphatic heterocycles. The zero-order chi connectivity index (χ0) is 18.9. The number of halogens is 1. The third-order valence-corrected chi connectivity index (χ3v) is 6.67. The molecule has 1 amide bonds. The fourth-order valence-corrected chi connectivity index (χ4v) is 4.62. The van der Waals surface area contributed by atoms with Crippen LogP contribution in [0, 0.1) is 23.1 Å². The fraction of sp³-hybridized carbons (Fsp3) is 0.409. The minimum Gasteiger partial charge on any atom is -0.458 e. The lowest BCUT2D eigenvalue weighted by Gasteiger charge is -2.25. The molecule has 5 nitrogen and oxygen atoms in total. The number of allylic oxidation sites excluding steroid dienone is 4. The van der Waals surface area contributed by atoms with Crippen LogP contribution in [0.2, 0.25) is 0 Å². The predicted molar refractivity (Wildman–Crippen MR) is 100 cm³/mol. The smallest absolute Gasteiger partial charge is 0.231 e. The monoisotopic (exact) mass is 381 g/mol. The number of ether oxygens (including phenoxy) is 2. The van der Waals surface area contributed by atoms with Crippen molar-refractivity contribution >= 4 is 23.4 Å². The van der Waals surface area contributed by atoms with Crippen LogP contribution in [0.4, 0.5) is 15.8 Å². The molecule has 144 valence electrons. The van der Waals surface area contributed by atoms with Crippen molar-refractivity contribution < 1.29 is 24.0 Å². The van der Waals surface area contributed by atoms with Gasteiger partial charge in [0.05, 0.1) is 11.1 Å². The summed E-state index contributed by atoms with van der Waals surface area (Å²) in [4.78, 5) is 13.1. The van der Waals surface area contributed by atoms with Crippen molar-refractivity contribution in [3.8, 4) is 0 Å². The van der Waals surface area contributed by atoms with Crippen LogP contribution in [0.25, 0.3) is 6.08 Å². The van der Waals surface area contributed by atoms with Crippen molar-refractivity contribution in [3.63, 3.8) is 0 Å². The molecular formula is C22H22FN2O3+. The van der Waals surface area contributed by atoms with E-state index in [9.17, 15) is 9.18 Å². The molecule has 5 aliphatic rings. The molecule has 1 unspecified atom stereocenters. The summed E-state index contributed by atoms with van der Waals surface area (Å²) in [6.45, 7) is 0.245. The van der Waals surface area contributed by atoms with Gasteiger partial charge in [-0.05, 0) is 43.7 Å². The molecule has 2 saturated carbocycles. The van der Waals surface area contributed by atoms with E-state index in [4.69, 9.17) is 9.47 Å². The van der Waals surface area contributed by atoms with E-state index < -0.39 is 5.41 Å². The highest BCUT2D eigenvalue weighted by Gasteiger charge is 2.55. The van der Waals surface area contributed by atoms with Gasteiger partial charge in [0, 0.05) is 30.0 Å². The minimum absolute atomic E-state index is 0.0557. The van der Waals surface area contributed by atoms with Crippen molar-refractivity contribution in [2.75, 3.05) is 12.1 Å². The third-order valence-electron chi connectivity index (χ3n) is 6.67. The van der Waals surface area contributed by atoms with Gasteiger partial charge in [-0.1, -0.05) is 6.08 Å². The molecule has 0 aromatic heterocycles. The van der Waals surface area contributed by atoms with E-state index in [1.165, 1.54) is 24.6 Å². The second-order valence-electron chi connectivity index (χ2n) is 8.50. The van der Waals surface area contributed by atoms with Crippen LogP contribution in [-0.4, -0.2) is 12.7 Å². The largest absolute Gasteiger partial charge is 0.458 e. The molecule has 0 bridgehead atoms. The van der Waals surface area contributed by atoms with Gasteiger partial charge in [0.2, 0.25) is 12.7 Å². The van der Waals surface area contributed by atoms with Crippen molar-refractivity contribution in [1.29, 1.82) is 0 Å². The molecule has 0 radical (unpaired) electrons. The number of hydrogen-bond donors (Lipinski definition) is 2. The van der Waals surface area contributed by atoms with Crippen LogP contribution >= 0.6 is 0 Å². The van der Waals surface area contributed by atoms with Crippen molar-refractivity contribution in [2.45, 2.75) is 32.1 Å². The van der Waals surface area contributed by atoms with Gasteiger partial charge in [-0.25, -0.2) is 4.39 Å². The number of nitrogens with two attached hydrogens (primary N) is 1. The Hall–Kier alpha value is -2.60. The summed E-state index contributed by atoms with van der Waals surface area (Å²) in [7, 11) is 0. The lowest BCUT2D eigenvalue weighted by Crippen LogP contribution is -2.74. The van der Waals surface area contributed by atoms with E-state index in [1.807, 2.05) is 12.2 Å². The van der Waals surface area contributed by atoms with E-state index >= 15 is 0 Å². The zero-order valence-corrected chi connectivity index (χ0v) is 15.5. The number of rotatable bonds is 4. The first kappa shape index (κ1) is 16.4. The number of quaternary nitrogens is 1. The highest BCUT2D eigenvalue weighted by atomic mass is 19.1. The molecule has 2 fully saturated rings. The Kier molecular flexibility index (Phi) is 3.33. The van der Waals surface area contributed by atoms with E-state index in [0.29, 0.717) is 12.3 Å². The number of amides is 1. The quantitative estimate of drug-likeness (QED) is 0.787. The van der Waals surface area contributed by atoms with Crippen LogP contribution in [0.15, 0.2) is 41.5 Å². The average Bonchev–Trinajstić information content (AvgIpc) is 3.61. The molecule has 2 heterocycles. The molecule has 1 atom stereocenters. The Balaban J connectivity index is 1.22. The van der Waals surface area contributed by atoms with Crippen LogP contribution in [0.5, 0.6) is 0 Å². The molecule has 6 heteroatoms. The number of carbonyl (C=O) groups is 1. The van der Waals surface area contributed by atoms with Crippen molar-refractivity contribution in [3.05, 3.63) is 52.9 Å². The zero-order valence-electron chi connectivity index (χ0n) is 15.5. The molecular weight excluding hydrogens is 359 g/mol. The van der Waals surface area contributed by atoms with Crippen LogP contribution in [-0.2, 0) is 14.3 Å². The summed E-state index contributed by atoms with van der Waals surface area (Å²) in [6, 6.07) is 3.31. The van der Waals surface area contributed by atoms with Gasteiger partial charge in [0.25, 0.3) is 0 Å². The second-order valence-corrected chi connectivity index (χ2v) is 8.50. The minimum atomic E-state index is -0.479. The molecule has 1 aromatic rings. The number of benzene rings is 1. The van der Waals surface area contributed by atoms with Crippen LogP contribution < -0.4 is 10.6 Å². The highest BCUT2D eigenvalue weighted by molar-refractivity contribution is 5.98. The van der Waals surface area contributed by atoms with Gasteiger partial charge in [-0.15, -0.1) is 0 Å². The predicted octanol–water partition coefficient (Wildman–Crippen LogP) is 3.30. The standard InChI is InChI=1S/C22H21FN2O3/c23-15-10-17-13(7-16(24-17)12-1-2-12)8-18(15)25-21(26)22(5-6-22)14-3-4-19-20(9-14)28-11-27-19/h3-4,7-8,10,12,14,24H,1-2,5-6,9,11H2,(H,25,26)/p+1. The van der Waals surface area contributed by atoms with Crippen LogP contribution in [0.1, 0.15) is 37.7 Å².